The smallest absolute Gasteiger partial charge is 0.408 e. The van der Waals surface area contributed by atoms with Gasteiger partial charge in [-0.3, -0.25) is 4.68 Å². The number of ether oxygens (including phenoxy) is 1. The number of hydrogen-bond acceptors (Lipinski definition) is 7. The summed E-state index contributed by atoms with van der Waals surface area (Å²) in [4.78, 5) is 22.3. The van der Waals surface area contributed by atoms with Crippen LogP contribution in [-0.2, 0) is 23.9 Å². The van der Waals surface area contributed by atoms with E-state index in [0.29, 0.717) is 18.1 Å². The third-order valence-corrected chi connectivity index (χ3v) is 7.52. The lowest BCUT2D eigenvalue weighted by molar-refractivity contribution is 0.0377. The van der Waals surface area contributed by atoms with Crippen molar-refractivity contribution in [2.45, 2.75) is 64.6 Å². The van der Waals surface area contributed by atoms with Crippen molar-refractivity contribution in [3.8, 4) is 22.4 Å². The lowest BCUT2D eigenvalue weighted by Gasteiger charge is -2.43. The third kappa shape index (κ3) is 5.44. The zero-order valence-electron chi connectivity index (χ0n) is 24.7. The fraction of sp³-hybridized carbons (Fsp3) is 0.344. The number of benzene rings is 2. The second kappa shape index (κ2) is 10.6. The average molecular weight is 565 g/mol. The van der Waals surface area contributed by atoms with E-state index in [1.807, 2.05) is 65.2 Å². The van der Waals surface area contributed by atoms with Crippen LogP contribution in [0.4, 0.5) is 10.6 Å². The number of carbonyl (C=O) groups is 1. The lowest BCUT2D eigenvalue weighted by Crippen LogP contribution is -2.52. The van der Waals surface area contributed by atoms with Crippen LogP contribution in [0, 0.1) is 6.92 Å². The maximum Gasteiger partial charge on any atom is 0.408 e. The van der Waals surface area contributed by atoms with Gasteiger partial charge >= 0.3 is 6.09 Å². The molecule has 1 aliphatic carbocycles. The topological polar surface area (TPSA) is 111 Å². The molecular weight excluding hydrogens is 528 g/mol. The van der Waals surface area contributed by atoms with E-state index in [1.165, 1.54) is 0 Å². The van der Waals surface area contributed by atoms with Crippen molar-refractivity contribution in [1.29, 1.82) is 0 Å². The van der Waals surface area contributed by atoms with Gasteiger partial charge in [0.05, 0.1) is 29.0 Å². The molecule has 0 radical (unpaired) electrons. The van der Waals surface area contributed by atoms with Crippen molar-refractivity contribution in [2.24, 2.45) is 7.05 Å². The minimum Gasteiger partial charge on any atom is -0.444 e. The molecule has 216 valence electrons. The van der Waals surface area contributed by atoms with Crippen LogP contribution in [0.3, 0.4) is 0 Å². The second-order valence-corrected chi connectivity index (χ2v) is 11.9. The van der Waals surface area contributed by atoms with Gasteiger partial charge in [-0.2, -0.15) is 14.6 Å². The number of anilines is 1. The highest BCUT2D eigenvalue weighted by Gasteiger charge is 2.41. The molecule has 3 heterocycles. The first-order valence-electron chi connectivity index (χ1n) is 14.3. The van der Waals surface area contributed by atoms with E-state index >= 15 is 0 Å². The molecule has 0 bridgehead atoms. The summed E-state index contributed by atoms with van der Waals surface area (Å²) in [5.74, 6) is 1.94. The van der Waals surface area contributed by atoms with Crippen LogP contribution in [0.1, 0.15) is 57.1 Å². The molecule has 1 saturated carbocycles. The predicted molar refractivity (Wildman–Crippen MR) is 162 cm³/mol. The van der Waals surface area contributed by atoms with Gasteiger partial charge in [-0.1, -0.05) is 54.6 Å². The number of carbonyl (C=O) groups excluding carboxylic acids is 1. The SMILES string of the molecule is Cc1nc2nc(-c3ccc(C4(NC(=O)OC(C)(C)C)CCC4)cc3)c(-c3ccccc3)c(NCc3ccn(C)n3)n2n1. The molecule has 1 amide bonds. The normalized spacial score (nSPS) is 14.4. The second-order valence-electron chi connectivity index (χ2n) is 11.9. The van der Waals surface area contributed by atoms with E-state index in [9.17, 15) is 4.79 Å². The first kappa shape index (κ1) is 27.4. The van der Waals surface area contributed by atoms with E-state index in [4.69, 9.17) is 9.72 Å². The number of fused-ring (bicyclic) bond motifs is 1. The molecule has 2 aromatic carbocycles. The van der Waals surface area contributed by atoms with Gasteiger partial charge in [0.1, 0.15) is 17.2 Å². The van der Waals surface area contributed by atoms with Gasteiger partial charge in [0.25, 0.3) is 5.78 Å². The van der Waals surface area contributed by atoms with Crippen LogP contribution in [0.5, 0.6) is 0 Å². The van der Waals surface area contributed by atoms with Crippen molar-refractivity contribution < 1.29 is 9.53 Å². The first-order chi connectivity index (χ1) is 20.1. The van der Waals surface area contributed by atoms with Crippen molar-refractivity contribution in [3.63, 3.8) is 0 Å². The fourth-order valence-corrected chi connectivity index (χ4v) is 5.44. The molecule has 0 saturated heterocycles. The number of alkyl carbamates (subject to hydrolysis) is 1. The van der Waals surface area contributed by atoms with Gasteiger partial charge in [0.15, 0.2) is 0 Å². The predicted octanol–water partition coefficient (Wildman–Crippen LogP) is 6.02. The lowest BCUT2D eigenvalue weighted by atomic mass is 9.71. The molecule has 42 heavy (non-hydrogen) atoms. The highest BCUT2D eigenvalue weighted by Crippen LogP contribution is 2.43. The molecule has 1 fully saturated rings. The monoisotopic (exact) mass is 564 g/mol. The van der Waals surface area contributed by atoms with E-state index in [0.717, 1.165) is 58.7 Å². The molecule has 0 unspecified atom stereocenters. The van der Waals surface area contributed by atoms with Gasteiger partial charge in [-0.05, 0) is 64.2 Å². The number of aryl methyl sites for hydroxylation is 2. The number of nitrogens with one attached hydrogen (secondary N) is 2. The Hall–Kier alpha value is -4.73. The van der Waals surface area contributed by atoms with Gasteiger partial charge in [-0.25, -0.2) is 9.78 Å². The Kier molecular flexibility index (Phi) is 6.92. The minimum absolute atomic E-state index is 0.393. The Morgan fingerprint density at radius 1 is 0.976 bits per heavy atom. The van der Waals surface area contributed by atoms with Crippen LogP contribution in [0.15, 0.2) is 66.9 Å². The zero-order valence-corrected chi connectivity index (χ0v) is 24.7. The van der Waals surface area contributed by atoms with Crippen LogP contribution in [-0.4, -0.2) is 41.1 Å². The van der Waals surface area contributed by atoms with Crippen LogP contribution < -0.4 is 10.6 Å². The molecule has 0 atom stereocenters. The summed E-state index contributed by atoms with van der Waals surface area (Å²) in [5, 5.41) is 15.9. The highest BCUT2D eigenvalue weighted by molar-refractivity contribution is 5.89. The molecule has 5 aromatic rings. The van der Waals surface area contributed by atoms with Crippen LogP contribution in [0.2, 0.25) is 0 Å². The molecule has 0 spiro atoms. The van der Waals surface area contributed by atoms with E-state index in [2.05, 4.69) is 62.2 Å². The summed E-state index contributed by atoms with van der Waals surface area (Å²) < 4.78 is 9.13. The van der Waals surface area contributed by atoms with Gasteiger partial charge in [0.2, 0.25) is 0 Å². The number of hydrogen-bond donors (Lipinski definition) is 2. The molecule has 10 heteroatoms. The maximum atomic E-state index is 12.7. The summed E-state index contributed by atoms with van der Waals surface area (Å²) in [5.41, 5.74) is 4.63. The zero-order chi connectivity index (χ0) is 29.5. The Morgan fingerprint density at radius 3 is 2.33 bits per heavy atom. The third-order valence-electron chi connectivity index (χ3n) is 7.52. The Bertz CT molecular complexity index is 1730. The summed E-state index contributed by atoms with van der Waals surface area (Å²) in [6.07, 6.45) is 4.31. The quantitative estimate of drug-likeness (QED) is 0.249. The summed E-state index contributed by atoms with van der Waals surface area (Å²) in [6.45, 7) is 8.00. The molecule has 3 aromatic heterocycles. The summed E-state index contributed by atoms with van der Waals surface area (Å²) in [6, 6.07) is 20.5. The van der Waals surface area contributed by atoms with Crippen LogP contribution in [0.25, 0.3) is 28.2 Å². The van der Waals surface area contributed by atoms with Crippen molar-refractivity contribution >= 4 is 17.7 Å². The minimum atomic E-state index is -0.556. The van der Waals surface area contributed by atoms with E-state index < -0.39 is 17.2 Å². The van der Waals surface area contributed by atoms with Crippen LogP contribution >= 0.6 is 0 Å². The largest absolute Gasteiger partial charge is 0.444 e. The molecule has 2 N–H and O–H groups in total. The van der Waals surface area contributed by atoms with Gasteiger partial charge in [-0.15, -0.1) is 5.10 Å². The molecule has 6 rings (SSSR count). The van der Waals surface area contributed by atoms with Gasteiger partial charge in [0, 0.05) is 18.8 Å². The Balaban J connectivity index is 1.42. The Morgan fingerprint density at radius 2 is 1.71 bits per heavy atom. The number of nitrogens with zero attached hydrogens (tertiary/aromatic N) is 6. The van der Waals surface area contributed by atoms with E-state index in [1.54, 1.807) is 9.20 Å². The van der Waals surface area contributed by atoms with E-state index in [-0.39, 0.29) is 0 Å². The number of rotatable bonds is 7. The van der Waals surface area contributed by atoms with Crippen molar-refractivity contribution in [3.05, 3.63) is 83.9 Å². The molecule has 1 aliphatic rings. The summed E-state index contributed by atoms with van der Waals surface area (Å²) in [7, 11) is 1.91. The van der Waals surface area contributed by atoms with Crippen molar-refractivity contribution in [2.75, 3.05) is 5.32 Å². The standard InChI is InChI=1S/C32H36N8O2/c1-21-34-29-35-27(23-12-14-24(15-13-23)32(17-9-18-32)36-30(41)42-31(2,3)4)26(22-10-7-6-8-11-22)28(40(29)37-21)33-20-25-16-19-39(5)38-25/h6-8,10-16,19,33H,9,17-18,20H2,1-5H3,(H,36,41). The Labute approximate surface area is 245 Å². The van der Waals surface area contributed by atoms with Crippen molar-refractivity contribution in [1.82, 2.24) is 34.7 Å². The molecule has 0 aliphatic heterocycles. The molecule has 10 nitrogen and oxygen atoms in total. The number of amides is 1. The molecular formula is C32H36N8O2. The first-order valence-corrected chi connectivity index (χ1v) is 14.3. The van der Waals surface area contributed by atoms with Gasteiger partial charge < -0.3 is 15.4 Å². The summed E-state index contributed by atoms with van der Waals surface area (Å²) >= 11 is 0. The maximum absolute atomic E-state index is 12.7. The number of aromatic nitrogens is 6. The average Bonchev–Trinajstić information content (AvgIpc) is 3.52. The fourth-order valence-electron chi connectivity index (χ4n) is 5.44. The highest BCUT2D eigenvalue weighted by atomic mass is 16.6.